The van der Waals surface area contributed by atoms with Crippen LogP contribution in [-0.4, -0.2) is 74.8 Å². The Balaban J connectivity index is 1.94. The number of aliphatic hydroxyl groups is 1. The normalized spacial score (nSPS) is 30.0. The zero-order valence-corrected chi connectivity index (χ0v) is 13.6. The molecule has 0 aliphatic heterocycles. The molecular weight excluding hydrogens is 268 g/mol. The van der Waals surface area contributed by atoms with Crippen LogP contribution in [0, 0.1) is 0 Å². The number of aliphatic hydroxyl groups excluding tert-OH is 1. The zero-order chi connectivity index (χ0) is 15.1. The molecule has 0 aromatic heterocycles. The van der Waals surface area contributed by atoms with Gasteiger partial charge in [-0.2, -0.15) is 0 Å². The summed E-state index contributed by atoms with van der Waals surface area (Å²) < 4.78 is 10.5. The zero-order valence-electron chi connectivity index (χ0n) is 13.6. The predicted octanol–water partition coefficient (Wildman–Crippen LogP) is 1.01. The van der Waals surface area contributed by atoms with Crippen molar-refractivity contribution in [3.05, 3.63) is 0 Å². The first-order chi connectivity index (χ1) is 10.2. The topological polar surface area (TPSA) is 54.0 Å². The van der Waals surface area contributed by atoms with Gasteiger partial charge in [0.2, 0.25) is 0 Å². The van der Waals surface area contributed by atoms with Gasteiger partial charge in [-0.3, -0.25) is 4.90 Å². The molecule has 0 radical (unpaired) electrons. The molecule has 0 amide bonds. The number of nitrogens with one attached hydrogen (secondary N) is 1. The van der Waals surface area contributed by atoms with Crippen LogP contribution in [0.3, 0.4) is 0 Å². The van der Waals surface area contributed by atoms with Crippen molar-refractivity contribution in [1.29, 1.82) is 0 Å². The third-order valence-corrected chi connectivity index (χ3v) is 4.89. The summed E-state index contributed by atoms with van der Waals surface area (Å²) in [6, 6.07) is 1.16. The van der Waals surface area contributed by atoms with Gasteiger partial charge in [0.05, 0.1) is 19.8 Å². The molecule has 0 heterocycles. The van der Waals surface area contributed by atoms with E-state index in [0.717, 1.165) is 39.1 Å². The molecule has 0 aromatic rings. The second kappa shape index (κ2) is 8.44. The van der Waals surface area contributed by atoms with E-state index >= 15 is 0 Å². The van der Waals surface area contributed by atoms with E-state index in [0.29, 0.717) is 12.1 Å². The minimum absolute atomic E-state index is 0.0670. The lowest BCUT2D eigenvalue weighted by atomic mass is 9.78. The van der Waals surface area contributed by atoms with Crippen molar-refractivity contribution < 1.29 is 14.6 Å². The Kier molecular flexibility index (Phi) is 6.89. The lowest BCUT2D eigenvalue weighted by Gasteiger charge is -2.44. The standard InChI is InChI=1S/C16H32N2O3/c1-20-10-8-18(9-11-21-2)15-4-3-7-16(12-15,13-19)17-14-5-6-14/h14-15,17,19H,3-13H2,1-2H3. The van der Waals surface area contributed by atoms with Crippen LogP contribution in [-0.2, 0) is 9.47 Å². The molecular formula is C16H32N2O3. The molecule has 2 unspecified atom stereocenters. The highest BCUT2D eigenvalue weighted by Gasteiger charge is 2.41. The highest BCUT2D eigenvalue weighted by Crippen LogP contribution is 2.34. The molecule has 0 bridgehead atoms. The van der Waals surface area contributed by atoms with Gasteiger partial charge in [-0.1, -0.05) is 0 Å². The average Bonchev–Trinajstić information content (AvgIpc) is 3.31. The molecule has 21 heavy (non-hydrogen) atoms. The summed E-state index contributed by atoms with van der Waals surface area (Å²) in [4.78, 5) is 2.48. The first-order valence-corrected chi connectivity index (χ1v) is 8.33. The molecule has 0 aromatic carbocycles. The minimum Gasteiger partial charge on any atom is -0.394 e. The van der Waals surface area contributed by atoms with Crippen LogP contribution >= 0.6 is 0 Å². The molecule has 0 spiro atoms. The molecule has 2 rings (SSSR count). The summed E-state index contributed by atoms with van der Waals surface area (Å²) in [7, 11) is 3.50. The van der Waals surface area contributed by atoms with E-state index in [-0.39, 0.29) is 12.1 Å². The Bertz CT molecular complexity index is 291. The number of methoxy groups -OCH3 is 2. The molecule has 5 heteroatoms. The second-order valence-electron chi connectivity index (χ2n) is 6.63. The summed E-state index contributed by atoms with van der Waals surface area (Å²) in [5.41, 5.74) is -0.0670. The second-order valence-corrected chi connectivity index (χ2v) is 6.63. The van der Waals surface area contributed by atoms with E-state index < -0.39 is 0 Å². The smallest absolute Gasteiger partial charge is 0.0613 e. The maximum absolute atomic E-state index is 9.94. The molecule has 124 valence electrons. The van der Waals surface area contributed by atoms with Gasteiger partial charge in [0.15, 0.2) is 0 Å². The van der Waals surface area contributed by atoms with Gasteiger partial charge in [0, 0.05) is 44.9 Å². The maximum atomic E-state index is 9.94. The van der Waals surface area contributed by atoms with Gasteiger partial charge < -0.3 is 19.9 Å². The third kappa shape index (κ3) is 5.18. The number of nitrogens with zero attached hydrogens (tertiary/aromatic N) is 1. The van der Waals surface area contributed by atoms with Crippen molar-refractivity contribution >= 4 is 0 Å². The Morgan fingerprint density at radius 3 is 2.33 bits per heavy atom. The summed E-state index contributed by atoms with van der Waals surface area (Å²) in [6.07, 6.45) is 7.06. The third-order valence-electron chi connectivity index (χ3n) is 4.89. The van der Waals surface area contributed by atoms with E-state index in [2.05, 4.69) is 10.2 Å². The van der Waals surface area contributed by atoms with E-state index in [1.165, 1.54) is 25.7 Å². The van der Waals surface area contributed by atoms with Crippen LogP contribution in [0.5, 0.6) is 0 Å². The lowest BCUT2D eigenvalue weighted by molar-refractivity contribution is 0.0324. The van der Waals surface area contributed by atoms with Crippen LogP contribution in [0.4, 0.5) is 0 Å². The van der Waals surface area contributed by atoms with Crippen LogP contribution in [0.2, 0.25) is 0 Å². The van der Waals surface area contributed by atoms with Crippen molar-refractivity contribution in [2.24, 2.45) is 0 Å². The number of hydrogen-bond donors (Lipinski definition) is 2. The molecule has 2 saturated carbocycles. The molecule has 2 N–H and O–H groups in total. The first-order valence-electron chi connectivity index (χ1n) is 8.33. The fourth-order valence-electron chi connectivity index (χ4n) is 3.52. The van der Waals surface area contributed by atoms with Crippen molar-refractivity contribution in [2.75, 3.05) is 47.1 Å². The van der Waals surface area contributed by atoms with Gasteiger partial charge in [-0.25, -0.2) is 0 Å². The first kappa shape index (κ1) is 17.2. The van der Waals surface area contributed by atoms with Gasteiger partial charge in [0.1, 0.15) is 0 Å². The fraction of sp³-hybridized carbons (Fsp3) is 1.00. The molecule has 2 aliphatic carbocycles. The van der Waals surface area contributed by atoms with Gasteiger partial charge in [0.25, 0.3) is 0 Å². The Labute approximate surface area is 129 Å². The molecule has 2 aliphatic rings. The van der Waals surface area contributed by atoms with Crippen molar-refractivity contribution in [3.8, 4) is 0 Å². The van der Waals surface area contributed by atoms with Crippen LogP contribution in [0.25, 0.3) is 0 Å². The highest BCUT2D eigenvalue weighted by molar-refractivity contribution is 5.00. The van der Waals surface area contributed by atoms with Crippen molar-refractivity contribution in [3.63, 3.8) is 0 Å². The quantitative estimate of drug-likeness (QED) is 0.630. The van der Waals surface area contributed by atoms with Gasteiger partial charge >= 0.3 is 0 Å². The monoisotopic (exact) mass is 300 g/mol. The largest absolute Gasteiger partial charge is 0.394 e. The number of rotatable bonds is 10. The number of ether oxygens (including phenoxy) is 2. The average molecular weight is 300 g/mol. The van der Waals surface area contributed by atoms with Crippen LogP contribution in [0.1, 0.15) is 38.5 Å². The van der Waals surface area contributed by atoms with Gasteiger partial charge in [-0.15, -0.1) is 0 Å². The summed E-state index contributed by atoms with van der Waals surface area (Å²) in [5, 5.41) is 13.7. The highest BCUT2D eigenvalue weighted by atomic mass is 16.5. The number of hydrogen-bond acceptors (Lipinski definition) is 5. The summed E-state index contributed by atoms with van der Waals surface area (Å²) >= 11 is 0. The molecule has 2 atom stereocenters. The van der Waals surface area contributed by atoms with Crippen molar-refractivity contribution in [1.82, 2.24) is 10.2 Å². The Morgan fingerprint density at radius 2 is 1.81 bits per heavy atom. The van der Waals surface area contributed by atoms with Crippen LogP contribution < -0.4 is 5.32 Å². The van der Waals surface area contributed by atoms with Gasteiger partial charge in [-0.05, 0) is 38.5 Å². The lowest BCUT2D eigenvalue weighted by Crippen LogP contribution is -2.57. The van der Waals surface area contributed by atoms with E-state index in [9.17, 15) is 5.11 Å². The fourth-order valence-corrected chi connectivity index (χ4v) is 3.52. The SMILES string of the molecule is COCCN(CCOC)C1CCCC(CO)(NC2CC2)C1. The maximum Gasteiger partial charge on any atom is 0.0613 e. The van der Waals surface area contributed by atoms with E-state index in [1.54, 1.807) is 14.2 Å². The van der Waals surface area contributed by atoms with E-state index in [1.807, 2.05) is 0 Å². The Morgan fingerprint density at radius 1 is 1.14 bits per heavy atom. The molecule has 5 nitrogen and oxygen atoms in total. The molecule has 2 fully saturated rings. The minimum atomic E-state index is -0.0670. The predicted molar refractivity (Wildman–Crippen MR) is 83.6 cm³/mol. The summed E-state index contributed by atoms with van der Waals surface area (Å²) in [6.45, 7) is 3.64. The van der Waals surface area contributed by atoms with Crippen LogP contribution in [0.15, 0.2) is 0 Å². The molecule has 0 saturated heterocycles. The summed E-state index contributed by atoms with van der Waals surface area (Å²) in [5.74, 6) is 0. The van der Waals surface area contributed by atoms with Crippen molar-refractivity contribution in [2.45, 2.75) is 56.1 Å². The Hall–Kier alpha value is -0.200. The van der Waals surface area contributed by atoms with E-state index in [4.69, 9.17) is 9.47 Å².